The van der Waals surface area contributed by atoms with Gasteiger partial charge in [0.25, 0.3) is 5.91 Å². The first-order chi connectivity index (χ1) is 12.4. The van der Waals surface area contributed by atoms with Crippen LogP contribution in [0.25, 0.3) is 0 Å². The van der Waals surface area contributed by atoms with Gasteiger partial charge in [-0.05, 0) is 55.5 Å². The molecule has 2 atom stereocenters. The summed E-state index contributed by atoms with van der Waals surface area (Å²) >= 11 is 0. The Morgan fingerprint density at radius 3 is 2.23 bits per heavy atom. The van der Waals surface area contributed by atoms with Gasteiger partial charge in [0.2, 0.25) is 5.91 Å². The maximum absolute atomic E-state index is 12.5. The van der Waals surface area contributed by atoms with Gasteiger partial charge in [-0.1, -0.05) is 6.92 Å². The maximum Gasteiger partial charge on any atom is 0.282 e. The fraction of sp³-hybridized carbons (Fsp3) is 0.300. The van der Waals surface area contributed by atoms with Crippen LogP contribution in [0.2, 0.25) is 0 Å². The van der Waals surface area contributed by atoms with Gasteiger partial charge in [-0.2, -0.15) is 0 Å². The van der Waals surface area contributed by atoms with Gasteiger partial charge in [0.05, 0.1) is 7.11 Å². The number of benzene rings is 2. The third kappa shape index (κ3) is 5.07. The smallest absolute Gasteiger partial charge is 0.282 e. The average Bonchev–Trinajstić information content (AvgIpc) is 2.66. The van der Waals surface area contributed by atoms with Crippen LogP contribution in [-0.2, 0) is 4.79 Å². The second kappa shape index (κ2) is 9.01. The Morgan fingerprint density at radius 2 is 1.73 bits per heavy atom. The SMILES string of the molecule is CC[C@H]([NH2+][C@@H](C)C(=O)Nc1ccc(C(N)=O)cc1)c1ccc(OC)cc1. The van der Waals surface area contributed by atoms with Crippen molar-refractivity contribution in [2.24, 2.45) is 5.73 Å². The van der Waals surface area contributed by atoms with Gasteiger partial charge >= 0.3 is 0 Å². The summed E-state index contributed by atoms with van der Waals surface area (Å²) in [5.74, 6) is 0.229. The summed E-state index contributed by atoms with van der Waals surface area (Å²) in [6.07, 6.45) is 0.900. The molecule has 26 heavy (non-hydrogen) atoms. The summed E-state index contributed by atoms with van der Waals surface area (Å²) in [6, 6.07) is 14.4. The van der Waals surface area contributed by atoms with Crippen LogP contribution >= 0.6 is 0 Å². The predicted octanol–water partition coefficient (Wildman–Crippen LogP) is 1.84. The normalized spacial score (nSPS) is 12.9. The first kappa shape index (κ1) is 19.5. The lowest BCUT2D eigenvalue weighted by Crippen LogP contribution is -2.92. The molecule has 2 amide bonds. The van der Waals surface area contributed by atoms with Crippen LogP contribution in [0, 0.1) is 0 Å². The number of nitrogens with two attached hydrogens (primary N) is 2. The molecule has 0 saturated heterocycles. The Bertz CT molecular complexity index is 742. The molecule has 0 spiro atoms. The lowest BCUT2D eigenvalue weighted by molar-refractivity contribution is -0.713. The van der Waals surface area contributed by atoms with Gasteiger partial charge in [-0.3, -0.25) is 9.59 Å². The molecule has 6 nitrogen and oxygen atoms in total. The third-order valence-electron chi connectivity index (χ3n) is 4.36. The Labute approximate surface area is 153 Å². The van der Waals surface area contributed by atoms with E-state index in [-0.39, 0.29) is 18.0 Å². The molecule has 138 valence electrons. The van der Waals surface area contributed by atoms with Crippen molar-refractivity contribution in [2.75, 3.05) is 12.4 Å². The van der Waals surface area contributed by atoms with Crippen LogP contribution in [0.4, 0.5) is 5.69 Å². The molecule has 6 heteroatoms. The van der Waals surface area contributed by atoms with Crippen LogP contribution in [0.5, 0.6) is 5.75 Å². The minimum absolute atomic E-state index is 0.0937. The summed E-state index contributed by atoms with van der Waals surface area (Å²) < 4.78 is 5.19. The summed E-state index contributed by atoms with van der Waals surface area (Å²) in [6.45, 7) is 3.97. The lowest BCUT2D eigenvalue weighted by Gasteiger charge is -2.19. The van der Waals surface area contributed by atoms with Crippen LogP contribution in [0.3, 0.4) is 0 Å². The minimum Gasteiger partial charge on any atom is -0.497 e. The summed E-state index contributed by atoms with van der Waals surface area (Å²) in [5, 5.41) is 4.92. The molecule has 0 aromatic heterocycles. The number of ether oxygens (including phenoxy) is 1. The minimum atomic E-state index is -0.491. The molecule has 0 unspecified atom stereocenters. The van der Waals surface area contributed by atoms with Crippen LogP contribution < -0.4 is 21.1 Å². The second-order valence-electron chi connectivity index (χ2n) is 6.20. The van der Waals surface area contributed by atoms with Crippen LogP contribution in [0.15, 0.2) is 48.5 Å². The van der Waals surface area contributed by atoms with E-state index in [2.05, 4.69) is 17.6 Å². The first-order valence-corrected chi connectivity index (χ1v) is 8.64. The number of anilines is 1. The second-order valence-corrected chi connectivity index (χ2v) is 6.20. The number of methoxy groups -OCH3 is 1. The van der Waals surface area contributed by atoms with E-state index in [1.807, 2.05) is 31.2 Å². The van der Waals surface area contributed by atoms with Gasteiger partial charge in [-0.15, -0.1) is 0 Å². The molecule has 2 rings (SSSR count). The number of hydrogen-bond acceptors (Lipinski definition) is 3. The summed E-state index contributed by atoms with van der Waals surface area (Å²) in [5.41, 5.74) is 7.42. The predicted molar refractivity (Wildman–Crippen MR) is 101 cm³/mol. The van der Waals surface area contributed by atoms with Crippen molar-refractivity contribution in [3.63, 3.8) is 0 Å². The van der Waals surface area contributed by atoms with E-state index in [9.17, 15) is 9.59 Å². The van der Waals surface area contributed by atoms with Gasteiger partial charge < -0.3 is 21.1 Å². The van der Waals surface area contributed by atoms with Crippen LogP contribution in [0.1, 0.15) is 42.2 Å². The van der Waals surface area contributed by atoms with E-state index in [1.54, 1.807) is 31.4 Å². The number of hydrogen-bond donors (Lipinski definition) is 3. The van der Waals surface area contributed by atoms with E-state index in [4.69, 9.17) is 10.5 Å². The molecule has 0 fully saturated rings. The van der Waals surface area contributed by atoms with Gasteiger partial charge in [0, 0.05) is 23.2 Å². The van der Waals surface area contributed by atoms with Crippen molar-refractivity contribution >= 4 is 17.5 Å². The van der Waals surface area contributed by atoms with Crippen molar-refractivity contribution in [1.29, 1.82) is 0 Å². The van der Waals surface area contributed by atoms with E-state index in [0.717, 1.165) is 17.7 Å². The van der Waals surface area contributed by atoms with Crippen molar-refractivity contribution in [3.8, 4) is 5.75 Å². The number of rotatable bonds is 8. The molecular formula is C20H26N3O3+. The maximum atomic E-state index is 12.5. The Morgan fingerprint density at radius 1 is 1.12 bits per heavy atom. The zero-order valence-corrected chi connectivity index (χ0v) is 15.4. The Hall–Kier alpha value is -2.86. The molecule has 0 saturated carbocycles. The topological polar surface area (TPSA) is 98.0 Å². The molecular weight excluding hydrogens is 330 g/mol. The molecule has 0 bridgehead atoms. The molecule has 0 heterocycles. The van der Waals surface area contributed by atoms with Crippen molar-refractivity contribution in [2.45, 2.75) is 32.4 Å². The highest BCUT2D eigenvalue weighted by Gasteiger charge is 2.22. The van der Waals surface area contributed by atoms with Gasteiger partial charge in [0.15, 0.2) is 6.04 Å². The Balaban J connectivity index is 1.98. The molecule has 5 N–H and O–H groups in total. The first-order valence-electron chi connectivity index (χ1n) is 8.64. The standard InChI is InChI=1S/C20H25N3O3/c1-4-18(14-7-11-17(26-3)12-8-14)22-13(2)20(25)23-16-9-5-15(6-10-16)19(21)24/h5-13,18,22H,4H2,1-3H3,(H2,21,24)(H,23,25)/p+1/t13-,18-/m0/s1. The quantitative estimate of drug-likeness (QED) is 0.673. The van der Waals surface area contributed by atoms with Gasteiger partial charge in [-0.25, -0.2) is 0 Å². The number of carbonyl (C=O) groups is 2. The molecule has 2 aromatic rings. The van der Waals surface area contributed by atoms with E-state index in [1.165, 1.54) is 0 Å². The van der Waals surface area contributed by atoms with Gasteiger partial charge in [0.1, 0.15) is 11.8 Å². The third-order valence-corrected chi connectivity index (χ3v) is 4.36. The molecule has 0 aliphatic heterocycles. The summed E-state index contributed by atoms with van der Waals surface area (Å²) in [4.78, 5) is 23.6. The number of quaternary nitrogens is 1. The number of primary amides is 1. The zero-order valence-electron chi connectivity index (χ0n) is 15.4. The molecule has 0 aliphatic rings. The highest BCUT2D eigenvalue weighted by Crippen LogP contribution is 2.17. The van der Waals surface area contributed by atoms with E-state index >= 15 is 0 Å². The molecule has 0 radical (unpaired) electrons. The van der Waals surface area contributed by atoms with E-state index < -0.39 is 5.91 Å². The fourth-order valence-corrected chi connectivity index (χ4v) is 2.74. The molecule has 2 aromatic carbocycles. The zero-order chi connectivity index (χ0) is 19.1. The average molecular weight is 356 g/mol. The van der Waals surface area contributed by atoms with Crippen molar-refractivity contribution in [1.82, 2.24) is 0 Å². The summed E-state index contributed by atoms with van der Waals surface area (Å²) in [7, 11) is 1.64. The Kier molecular flexibility index (Phi) is 6.74. The number of nitrogens with one attached hydrogen (secondary N) is 1. The lowest BCUT2D eigenvalue weighted by atomic mass is 10.0. The van der Waals surface area contributed by atoms with Crippen LogP contribution in [-0.4, -0.2) is 25.0 Å². The highest BCUT2D eigenvalue weighted by molar-refractivity contribution is 5.95. The fourth-order valence-electron chi connectivity index (χ4n) is 2.74. The highest BCUT2D eigenvalue weighted by atomic mass is 16.5. The molecule has 0 aliphatic carbocycles. The van der Waals surface area contributed by atoms with E-state index in [0.29, 0.717) is 11.3 Å². The largest absolute Gasteiger partial charge is 0.497 e. The monoisotopic (exact) mass is 356 g/mol. The number of amides is 2. The van der Waals surface area contributed by atoms with Crippen molar-refractivity contribution < 1.29 is 19.6 Å². The number of carbonyl (C=O) groups excluding carboxylic acids is 2. The van der Waals surface area contributed by atoms with Crippen molar-refractivity contribution in [3.05, 3.63) is 59.7 Å².